The molecule has 1 saturated heterocycles. The fraction of sp³-hybridized carbons (Fsp3) is 0.500. The minimum Gasteiger partial charge on any atom is -0.394 e. The van der Waals surface area contributed by atoms with Gasteiger partial charge in [0.15, 0.2) is 11.6 Å². The number of halogens is 2. The average molecular weight is 875 g/mol. The average Bonchev–Trinajstić information content (AvgIpc) is 3.27. The number of anilines is 1. The van der Waals surface area contributed by atoms with Crippen molar-refractivity contribution >= 4 is 29.1 Å². The topological polar surface area (TPSA) is 242 Å². The zero-order chi connectivity index (χ0) is 45.0. The van der Waals surface area contributed by atoms with Gasteiger partial charge in [-0.2, -0.15) is 0 Å². The number of amides is 2. The van der Waals surface area contributed by atoms with Crippen molar-refractivity contribution in [3.05, 3.63) is 101 Å². The second-order valence-corrected chi connectivity index (χ2v) is 14.8. The minimum absolute atomic E-state index is 0.0478. The molecule has 0 aromatic heterocycles. The molecule has 2 amide bonds. The Labute approximate surface area is 358 Å². The number of nitrogens with one attached hydrogen (secondary N) is 1. The number of carbonyl (C=O) groups is 4. The molecule has 0 aliphatic carbocycles. The molecule has 0 spiro atoms. The molecule has 18 heteroatoms. The molecule has 0 radical (unpaired) electrons. The van der Waals surface area contributed by atoms with E-state index in [0.29, 0.717) is 30.5 Å². The number of aliphatic hydroxyl groups excluding tert-OH is 6. The van der Waals surface area contributed by atoms with E-state index in [9.17, 15) is 53.5 Å². The molecular weight excluding hydrogens is 818 g/mol. The van der Waals surface area contributed by atoms with Gasteiger partial charge in [0.25, 0.3) is 0 Å². The maximum Gasteiger partial charge on any atom is 0.246 e. The van der Waals surface area contributed by atoms with E-state index in [1.807, 2.05) is 24.3 Å². The summed E-state index contributed by atoms with van der Waals surface area (Å²) in [5.74, 6) is -2.87. The van der Waals surface area contributed by atoms with Crippen molar-refractivity contribution in [3.63, 3.8) is 0 Å². The zero-order valence-electron chi connectivity index (χ0n) is 34.2. The Balaban J connectivity index is 1.07. The summed E-state index contributed by atoms with van der Waals surface area (Å²) >= 11 is 0. The van der Waals surface area contributed by atoms with Crippen molar-refractivity contribution in [2.75, 3.05) is 70.9 Å². The molecule has 7 atom stereocenters. The van der Waals surface area contributed by atoms with Crippen LogP contribution in [0.3, 0.4) is 0 Å². The van der Waals surface area contributed by atoms with Gasteiger partial charge < -0.3 is 59.8 Å². The molecule has 4 rings (SSSR count). The molecule has 62 heavy (non-hydrogen) atoms. The highest BCUT2D eigenvalue weighted by Gasteiger charge is 2.48. The summed E-state index contributed by atoms with van der Waals surface area (Å²) < 4.78 is 48.2. The molecule has 0 saturated carbocycles. The Hall–Kier alpha value is -4.60. The Bertz CT molecular complexity index is 1850. The van der Waals surface area contributed by atoms with Gasteiger partial charge in [0.05, 0.1) is 57.7 Å². The lowest BCUT2D eigenvalue weighted by molar-refractivity contribution is -0.151. The number of aryl methyl sites for hydroxylation is 1. The monoisotopic (exact) mass is 874 g/mol. The first kappa shape index (κ1) is 50.0. The second kappa shape index (κ2) is 26.1. The summed E-state index contributed by atoms with van der Waals surface area (Å²) in [5, 5.41) is 60.5. The van der Waals surface area contributed by atoms with Gasteiger partial charge in [0.1, 0.15) is 55.9 Å². The highest BCUT2D eigenvalue weighted by Crippen LogP contribution is 2.46. The van der Waals surface area contributed by atoms with Crippen LogP contribution in [0.4, 0.5) is 14.5 Å². The van der Waals surface area contributed by atoms with Crippen LogP contribution < -0.4 is 10.2 Å². The molecule has 0 bridgehead atoms. The van der Waals surface area contributed by atoms with E-state index in [-0.39, 0.29) is 83.4 Å². The Morgan fingerprint density at radius 1 is 0.758 bits per heavy atom. The smallest absolute Gasteiger partial charge is 0.246 e. The number of Topliss-reactive ketones (excluding diaryl/α,β-unsaturated/α-hetero) is 2. The second-order valence-electron chi connectivity index (χ2n) is 14.8. The Kier molecular flexibility index (Phi) is 21.1. The predicted octanol–water partition coefficient (Wildman–Crippen LogP) is 1.26. The fourth-order valence-corrected chi connectivity index (χ4v) is 6.76. The molecule has 16 nitrogen and oxygen atoms in total. The van der Waals surface area contributed by atoms with Crippen molar-refractivity contribution in [3.8, 4) is 0 Å². The third kappa shape index (κ3) is 15.6. The van der Waals surface area contributed by atoms with Gasteiger partial charge in [0, 0.05) is 18.7 Å². The van der Waals surface area contributed by atoms with E-state index in [1.54, 1.807) is 17.0 Å². The molecule has 1 aliphatic rings. The van der Waals surface area contributed by atoms with E-state index in [4.69, 9.17) is 24.1 Å². The number of ketones is 2. The highest BCUT2D eigenvalue weighted by atomic mass is 19.1. The molecular formula is C44H56F2N2O14. The van der Waals surface area contributed by atoms with Crippen LogP contribution in [0.2, 0.25) is 0 Å². The molecule has 340 valence electrons. The van der Waals surface area contributed by atoms with E-state index in [2.05, 4.69) is 5.32 Å². The van der Waals surface area contributed by atoms with Crippen LogP contribution in [0.15, 0.2) is 72.8 Å². The van der Waals surface area contributed by atoms with Crippen LogP contribution in [-0.2, 0) is 44.5 Å². The van der Waals surface area contributed by atoms with E-state index in [0.717, 1.165) is 11.1 Å². The molecule has 7 unspecified atom stereocenters. The number of carbonyl (C=O) groups excluding carboxylic acids is 4. The fourth-order valence-electron chi connectivity index (χ4n) is 6.76. The van der Waals surface area contributed by atoms with Gasteiger partial charge in [-0.15, -0.1) is 0 Å². The number of rotatable bonds is 30. The molecule has 1 heterocycles. The van der Waals surface area contributed by atoms with Gasteiger partial charge >= 0.3 is 0 Å². The predicted molar refractivity (Wildman–Crippen MR) is 218 cm³/mol. The van der Waals surface area contributed by atoms with E-state index < -0.39 is 73.0 Å². The Morgan fingerprint density at radius 3 is 2.06 bits per heavy atom. The number of benzene rings is 3. The quantitative estimate of drug-likeness (QED) is 0.0369. The molecule has 3 aromatic rings. The van der Waals surface area contributed by atoms with Gasteiger partial charge in [-0.3, -0.25) is 19.2 Å². The lowest BCUT2D eigenvalue weighted by Crippen LogP contribution is -2.55. The largest absolute Gasteiger partial charge is 0.394 e. The SMILES string of the molecule is O=C(CCCc1cccc(C2C(CCC(O)c3ccc(F)cc3)C(=O)N2c2ccc(F)cc2)c1)COCCOCC(=O)NCCOCCOCC(=O)C(O)C(O)C(O)C(O)CO. The van der Waals surface area contributed by atoms with Crippen molar-refractivity contribution < 1.29 is 77.5 Å². The maximum atomic E-state index is 13.7. The first-order chi connectivity index (χ1) is 29.8. The molecule has 1 fully saturated rings. The van der Waals surface area contributed by atoms with Crippen molar-refractivity contribution in [1.29, 1.82) is 0 Å². The van der Waals surface area contributed by atoms with Crippen LogP contribution >= 0.6 is 0 Å². The lowest BCUT2D eigenvalue weighted by atomic mass is 9.77. The van der Waals surface area contributed by atoms with Crippen molar-refractivity contribution in [1.82, 2.24) is 5.32 Å². The van der Waals surface area contributed by atoms with Gasteiger partial charge in [-0.05, 0) is 78.8 Å². The lowest BCUT2D eigenvalue weighted by Gasteiger charge is -2.48. The number of ether oxygens (including phenoxy) is 4. The van der Waals surface area contributed by atoms with Crippen LogP contribution in [-0.4, -0.2) is 144 Å². The summed E-state index contributed by atoms with van der Waals surface area (Å²) in [6.07, 6.45) is -6.52. The summed E-state index contributed by atoms with van der Waals surface area (Å²) in [5.41, 5.74) is 2.95. The third-order valence-electron chi connectivity index (χ3n) is 10.2. The van der Waals surface area contributed by atoms with Crippen molar-refractivity contribution in [2.45, 2.75) is 68.7 Å². The number of hydrogen-bond donors (Lipinski definition) is 7. The summed E-state index contributed by atoms with van der Waals surface area (Å²) in [4.78, 5) is 51.5. The van der Waals surface area contributed by atoms with E-state index >= 15 is 0 Å². The van der Waals surface area contributed by atoms with Crippen LogP contribution in [0.5, 0.6) is 0 Å². The summed E-state index contributed by atoms with van der Waals surface area (Å²) in [6, 6.07) is 18.7. The summed E-state index contributed by atoms with van der Waals surface area (Å²) in [7, 11) is 0. The first-order valence-electron chi connectivity index (χ1n) is 20.4. The number of β-lactam (4-membered cyclic amide) rings is 1. The molecule has 1 aliphatic heterocycles. The Morgan fingerprint density at radius 2 is 1.39 bits per heavy atom. The highest BCUT2D eigenvalue weighted by molar-refractivity contribution is 6.03. The first-order valence-corrected chi connectivity index (χ1v) is 20.4. The van der Waals surface area contributed by atoms with Crippen molar-refractivity contribution in [2.24, 2.45) is 5.92 Å². The van der Waals surface area contributed by atoms with Gasteiger partial charge in [0.2, 0.25) is 11.8 Å². The number of nitrogens with zero attached hydrogens (tertiary/aromatic N) is 1. The van der Waals surface area contributed by atoms with Crippen LogP contribution in [0, 0.1) is 17.6 Å². The minimum atomic E-state index is -2.03. The summed E-state index contributed by atoms with van der Waals surface area (Å²) in [6.45, 7) is -1.37. The van der Waals surface area contributed by atoms with Crippen LogP contribution in [0.25, 0.3) is 0 Å². The normalized spacial score (nSPS) is 17.5. The zero-order valence-corrected chi connectivity index (χ0v) is 34.2. The van der Waals surface area contributed by atoms with Gasteiger partial charge in [-0.1, -0.05) is 36.4 Å². The van der Waals surface area contributed by atoms with Crippen LogP contribution in [0.1, 0.15) is 54.5 Å². The van der Waals surface area contributed by atoms with Gasteiger partial charge in [-0.25, -0.2) is 8.78 Å². The van der Waals surface area contributed by atoms with E-state index in [1.165, 1.54) is 36.4 Å². The molecule has 7 N–H and O–H groups in total. The number of aliphatic hydroxyl groups is 6. The number of hydrogen-bond acceptors (Lipinski definition) is 14. The maximum absolute atomic E-state index is 13.7. The molecule has 3 aromatic carbocycles. The standard InChI is InChI=1S/C44H56F2N2O14/c45-31-9-7-29(8-10-31)36(51)16-15-35-40(48(44(35)58)33-13-11-32(46)12-14-33)30-5-1-3-28(23-30)4-2-6-34(50)25-60-21-22-62-27-39(54)47-17-18-59-19-20-61-26-38(53)42(56)43(57)41(55)37(52)24-49/h1,3,5,7-14,23,35-37,40-43,49,51-52,55-57H,2,4,6,15-22,24-27H2,(H,47,54). The third-order valence-corrected chi connectivity index (χ3v) is 10.2.